The van der Waals surface area contributed by atoms with Gasteiger partial charge in [0.05, 0.1) is 11.2 Å². The van der Waals surface area contributed by atoms with E-state index >= 15 is 0 Å². The normalized spacial score (nSPS) is 11.3. The molecule has 0 saturated carbocycles. The lowest BCUT2D eigenvalue weighted by Crippen LogP contribution is -2.31. The van der Waals surface area contributed by atoms with Gasteiger partial charge in [0.15, 0.2) is 0 Å². The van der Waals surface area contributed by atoms with E-state index in [1.54, 1.807) is 30.7 Å². The minimum atomic E-state index is -3.55. The number of aryl methyl sites for hydroxylation is 1. The summed E-state index contributed by atoms with van der Waals surface area (Å²) in [5.74, 6) is -0.175. The maximum Gasteiger partial charge on any atom is 0.240 e. The first kappa shape index (κ1) is 17.2. The highest BCUT2D eigenvalue weighted by Gasteiger charge is 2.13. The summed E-state index contributed by atoms with van der Waals surface area (Å²) >= 11 is 0. The second-order valence-corrected chi connectivity index (χ2v) is 6.73. The third kappa shape index (κ3) is 5.84. The number of nitrogens with zero attached hydrogens (tertiary/aromatic N) is 2. The molecule has 2 aromatic rings. The van der Waals surface area contributed by atoms with Gasteiger partial charge < -0.3 is 9.88 Å². The van der Waals surface area contributed by atoms with Crippen molar-refractivity contribution in [2.24, 2.45) is 0 Å². The van der Waals surface area contributed by atoms with E-state index in [0.717, 1.165) is 13.0 Å². The number of hydrogen-bond acceptors (Lipinski definition) is 4. The molecular weight excluding hydrogens is 316 g/mol. The molecule has 0 aliphatic rings. The van der Waals surface area contributed by atoms with Crippen LogP contribution in [0.5, 0.6) is 0 Å². The van der Waals surface area contributed by atoms with Gasteiger partial charge in [0.1, 0.15) is 0 Å². The lowest BCUT2D eigenvalue weighted by Gasteiger charge is -2.08. The van der Waals surface area contributed by atoms with Gasteiger partial charge in [-0.1, -0.05) is 18.2 Å². The molecule has 0 spiro atoms. The summed E-state index contributed by atoms with van der Waals surface area (Å²) in [6, 6.07) is 8.08. The Morgan fingerprint density at radius 3 is 2.65 bits per heavy atom. The first-order valence-corrected chi connectivity index (χ1v) is 8.83. The van der Waals surface area contributed by atoms with Gasteiger partial charge in [-0.15, -0.1) is 0 Å². The first-order chi connectivity index (χ1) is 11.1. The van der Waals surface area contributed by atoms with Gasteiger partial charge in [-0.05, 0) is 18.6 Å². The molecule has 1 amide bonds. The number of carbonyl (C=O) groups is 1. The predicted molar refractivity (Wildman–Crippen MR) is 86.1 cm³/mol. The van der Waals surface area contributed by atoms with Gasteiger partial charge in [0.25, 0.3) is 0 Å². The third-order valence-electron chi connectivity index (χ3n) is 3.17. The average molecular weight is 336 g/mol. The van der Waals surface area contributed by atoms with Crippen LogP contribution in [0.4, 0.5) is 0 Å². The number of aromatic nitrogens is 2. The third-order valence-corrected chi connectivity index (χ3v) is 4.65. The number of carbonyl (C=O) groups excluding carboxylic acids is 1. The van der Waals surface area contributed by atoms with Crippen LogP contribution in [0.2, 0.25) is 0 Å². The van der Waals surface area contributed by atoms with Crippen LogP contribution in [0.3, 0.4) is 0 Å². The van der Waals surface area contributed by atoms with E-state index in [2.05, 4.69) is 15.0 Å². The van der Waals surface area contributed by atoms with Crippen LogP contribution in [-0.2, 0) is 21.4 Å². The van der Waals surface area contributed by atoms with E-state index in [1.165, 1.54) is 12.1 Å². The Kier molecular flexibility index (Phi) is 6.30. The molecule has 0 aliphatic carbocycles. The zero-order valence-electron chi connectivity index (χ0n) is 12.7. The molecule has 0 atom stereocenters. The molecule has 0 radical (unpaired) electrons. The summed E-state index contributed by atoms with van der Waals surface area (Å²) in [6.45, 7) is 1.40. The summed E-state index contributed by atoms with van der Waals surface area (Å²) in [5, 5.41) is 2.76. The van der Waals surface area contributed by atoms with E-state index in [0.29, 0.717) is 6.54 Å². The first-order valence-electron chi connectivity index (χ1n) is 7.35. The SMILES string of the molecule is O=C(CCNS(=O)(=O)c1ccccc1)NCCCn1ccnc1. The predicted octanol–water partition coefficient (Wildman–Crippen LogP) is 0.758. The Hall–Kier alpha value is -2.19. The van der Waals surface area contributed by atoms with Crippen LogP contribution in [0.1, 0.15) is 12.8 Å². The standard InChI is InChI=1S/C15H20N4O3S/c20-15(17-8-4-11-19-12-10-16-13-19)7-9-18-23(21,22)14-5-2-1-3-6-14/h1-3,5-6,10,12-13,18H,4,7-9,11H2,(H,17,20). The largest absolute Gasteiger partial charge is 0.356 e. The lowest BCUT2D eigenvalue weighted by atomic mass is 10.3. The molecule has 124 valence electrons. The molecule has 2 rings (SSSR count). The van der Waals surface area contributed by atoms with E-state index in [4.69, 9.17) is 0 Å². The van der Waals surface area contributed by atoms with Crippen molar-refractivity contribution >= 4 is 15.9 Å². The molecule has 0 bridgehead atoms. The maximum absolute atomic E-state index is 12.0. The number of imidazole rings is 1. The molecule has 1 heterocycles. The van der Waals surface area contributed by atoms with Crippen molar-refractivity contribution in [3.63, 3.8) is 0 Å². The van der Waals surface area contributed by atoms with Gasteiger partial charge in [0, 0.05) is 38.4 Å². The fraction of sp³-hybridized carbons (Fsp3) is 0.333. The van der Waals surface area contributed by atoms with E-state index in [9.17, 15) is 13.2 Å². The minimum Gasteiger partial charge on any atom is -0.356 e. The highest BCUT2D eigenvalue weighted by atomic mass is 32.2. The van der Waals surface area contributed by atoms with Crippen LogP contribution in [0, 0.1) is 0 Å². The molecular formula is C15H20N4O3S. The van der Waals surface area contributed by atoms with Crippen molar-refractivity contribution in [2.75, 3.05) is 13.1 Å². The van der Waals surface area contributed by atoms with Crippen molar-refractivity contribution in [1.82, 2.24) is 19.6 Å². The Labute approximate surface area is 135 Å². The molecule has 0 unspecified atom stereocenters. The molecule has 8 heteroatoms. The lowest BCUT2D eigenvalue weighted by molar-refractivity contribution is -0.120. The van der Waals surface area contributed by atoms with Crippen molar-refractivity contribution in [3.05, 3.63) is 49.1 Å². The number of amides is 1. The van der Waals surface area contributed by atoms with Gasteiger partial charge in [0.2, 0.25) is 15.9 Å². The second kappa shape index (κ2) is 8.44. The molecule has 2 N–H and O–H groups in total. The van der Waals surface area contributed by atoms with Crippen molar-refractivity contribution < 1.29 is 13.2 Å². The van der Waals surface area contributed by atoms with Crippen molar-refractivity contribution in [2.45, 2.75) is 24.3 Å². The number of rotatable bonds is 9. The quantitative estimate of drug-likeness (QED) is 0.661. The molecule has 0 aliphatic heterocycles. The molecule has 0 saturated heterocycles. The van der Waals surface area contributed by atoms with Gasteiger partial charge in [-0.3, -0.25) is 4.79 Å². The number of nitrogens with one attached hydrogen (secondary N) is 2. The van der Waals surface area contributed by atoms with Crippen molar-refractivity contribution in [3.8, 4) is 0 Å². The molecule has 1 aromatic carbocycles. The van der Waals surface area contributed by atoms with Gasteiger partial charge in [-0.25, -0.2) is 18.1 Å². The van der Waals surface area contributed by atoms with Gasteiger partial charge in [-0.2, -0.15) is 0 Å². The monoisotopic (exact) mass is 336 g/mol. The molecule has 7 nitrogen and oxygen atoms in total. The number of benzene rings is 1. The highest BCUT2D eigenvalue weighted by Crippen LogP contribution is 2.06. The summed E-state index contributed by atoms with van der Waals surface area (Å²) < 4.78 is 28.3. The zero-order valence-corrected chi connectivity index (χ0v) is 13.5. The van der Waals surface area contributed by atoms with Crippen molar-refractivity contribution in [1.29, 1.82) is 0 Å². The summed E-state index contributed by atoms with van der Waals surface area (Å²) in [5.41, 5.74) is 0. The number of sulfonamides is 1. The average Bonchev–Trinajstić information content (AvgIpc) is 3.06. The van der Waals surface area contributed by atoms with Crippen LogP contribution >= 0.6 is 0 Å². The van der Waals surface area contributed by atoms with Crippen LogP contribution < -0.4 is 10.0 Å². The van der Waals surface area contributed by atoms with E-state index < -0.39 is 10.0 Å². The molecule has 23 heavy (non-hydrogen) atoms. The summed E-state index contributed by atoms with van der Waals surface area (Å²) in [6.07, 6.45) is 6.19. The molecule has 0 fully saturated rings. The minimum absolute atomic E-state index is 0.0740. The Morgan fingerprint density at radius 2 is 1.96 bits per heavy atom. The maximum atomic E-state index is 12.0. The summed E-state index contributed by atoms with van der Waals surface area (Å²) in [7, 11) is -3.55. The Bertz CT molecular complexity index is 700. The smallest absolute Gasteiger partial charge is 0.240 e. The van der Waals surface area contributed by atoms with Crippen LogP contribution in [-0.4, -0.2) is 37.0 Å². The highest BCUT2D eigenvalue weighted by molar-refractivity contribution is 7.89. The topological polar surface area (TPSA) is 93.1 Å². The number of hydrogen-bond donors (Lipinski definition) is 2. The Morgan fingerprint density at radius 1 is 1.17 bits per heavy atom. The fourth-order valence-electron chi connectivity index (χ4n) is 1.98. The fourth-order valence-corrected chi connectivity index (χ4v) is 3.03. The van der Waals surface area contributed by atoms with E-state index in [1.807, 2.05) is 10.8 Å². The van der Waals surface area contributed by atoms with Crippen LogP contribution in [0.15, 0.2) is 53.9 Å². The summed E-state index contributed by atoms with van der Waals surface area (Å²) in [4.78, 5) is 15.8. The Balaban J connectivity index is 1.63. The van der Waals surface area contributed by atoms with Gasteiger partial charge >= 0.3 is 0 Å². The molecule has 1 aromatic heterocycles. The van der Waals surface area contributed by atoms with Crippen LogP contribution in [0.25, 0.3) is 0 Å². The second-order valence-electron chi connectivity index (χ2n) is 4.96. The zero-order chi connectivity index (χ0) is 16.5. The van der Waals surface area contributed by atoms with E-state index in [-0.39, 0.29) is 23.8 Å².